The van der Waals surface area contributed by atoms with Gasteiger partial charge in [0.15, 0.2) is 5.16 Å². The Morgan fingerprint density at radius 3 is 2.53 bits per heavy atom. The maximum Gasteiger partial charge on any atom is 0.255 e. The highest BCUT2D eigenvalue weighted by Crippen LogP contribution is 2.20. The molecule has 1 aliphatic rings. The van der Waals surface area contributed by atoms with Gasteiger partial charge in [-0.15, -0.1) is 0 Å². The van der Waals surface area contributed by atoms with Crippen LogP contribution in [0.2, 0.25) is 0 Å². The largest absolute Gasteiger partial charge is 0.353 e. The zero-order valence-corrected chi connectivity index (χ0v) is 18.6. The second-order valence-corrected chi connectivity index (χ2v) is 8.55. The Kier molecular flexibility index (Phi) is 6.84. The second-order valence-electron chi connectivity index (χ2n) is 7.58. The molecule has 7 nitrogen and oxygen atoms in total. The van der Waals surface area contributed by atoms with E-state index in [2.05, 4.69) is 19.9 Å². The van der Waals surface area contributed by atoms with E-state index < -0.39 is 0 Å². The lowest BCUT2D eigenvalue weighted by molar-refractivity contribution is -0.130. The molecule has 0 radical (unpaired) electrons. The maximum absolute atomic E-state index is 13.0. The van der Waals surface area contributed by atoms with Gasteiger partial charge in [-0.3, -0.25) is 9.59 Å². The number of benzene rings is 1. The van der Waals surface area contributed by atoms with Crippen LogP contribution in [0.3, 0.4) is 0 Å². The van der Waals surface area contributed by atoms with Gasteiger partial charge in [0.2, 0.25) is 5.91 Å². The third kappa shape index (κ3) is 5.34. The number of aromatic amines is 1. The molecule has 1 saturated heterocycles. The van der Waals surface area contributed by atoms with Crippen LogP contribution in [0.4, 0.5) is 10.2 Å². The minimum absolute atomic E-state index is 0.0284. The summed E-state index contributed by atoms with van der Waals surface area (Å²) in [4.78, 5) is 41.0. The average molecular weight is 454 g/mol. The van der Waals surface area contributed by atoms with Crippen LogP contribution in [0.1, 0.15) is 16.8 Å². The van der Waals surface area contributed by atoms with Crippen molar-refractivity contribution >= 4 is 23.5 Å². The maximum atomic E-state index is 13.0. The fourth-order valence-electron chi connectivity index (χ4n) is 3.58. The minimum atomic E-state index is -0.292. The summed E-state index contributed by atoms with van der Waals surface area (Å²) in [6.07, 6.45) is 1.79. The van der Waals surface area contributed by atoms with Gasteiger partial charge in [-0.25, -0.2) is 14.4 Å². The number of pyridine rings is 1. The van der Waals surface area contributed by atoms with Crippen molar-refractivity contribution in [2.24, 2.45) is 0 Å². The smallest absolute Gasteiger partial charge is 0.255 e. The van der Waals surface area contributed by atoms with Gasteiger partial charge in [0.1, 0.15) is 11.6 Å². The third-order valence-corrected chi connectivity index (χ3v) is 6.37. The van der Waals surface area contributed by atoms with Crippen LogP contribution in [0.25, 0.3) is 0 Å². The average Bonchev–Trinajstić information content (AvgIpc) is 2.81. The summed E-state index contributed by atoms with van der Waals surface area (Å²) in [7, 11) is 0. The number of carbonyl (C=O) groups is 1. The van der Waals surface area contributed by atoms with Gasteiger partial charge in [-0.05, 0) is 36.8 Å². The second kappa shape index (κ2) is 9.95. The number of nitrogens with zero attached hydrogens (tertiary/aromatic N) is 4. The van der Waals surface area contributed by atoms with Crippen LogP contribution >= 0.6 is 11.8 Å². The standard InChI is InChI=1S/C23H24FN5O2S/c1-16-19(22(31)27-23(26-16)32-15-17-5-7-18(24)8-6-17)14-21(30)29-12-10-28(11-13-29)20-4-2-3-9-25-20/h2-9H,10-15H2,1H3,(H,26,27,31). The van der Waals surface area contributed by atoms with E-state index in [1.54, 1.807) is 30.2 Å². The molecule has 0 saturated carbocycles. The molecule has 1 N–H and O–H groups in total. The van der Waals surface area contributed by atoms with E-state index in [9.17, 15) is 14.0 Å². The first-order valence-electron chi connectivity index (χ1n) is 10.4. The fraction of sp³-hybridized carbons (Fsp3) is 0.304. The molecule has 0 unspecified atom stereocenters. The number of aromatic nitrogens is 3. The Morgan fingerprint density at radius 2 is 1.88 bits per heavy atom. The van der Waals surface area contributed by atoms with Gasteiger partial charge in [-0.1, -0.05) is 30.0 Å². The quantitative estimate of drug-likeness (QED) is 0.457. The molecule has 3 heterocycles. The highest BCUT2D eigenvalue weighted by Gasteiger charge is 2.23. The van der Waals surface area contributed by atoms with E-state index in [0.717, 1.165) is 11.4 Å². The van der Waals surface area contributed by atoms with Crippen molar-refractivity contribution in [3.05, 3.63) is 81.7 Å². The summed E-state index contributed by atoms with van der Waals surface area (Å²) in [6.45, 7) is 4.33. The molecule has 2 aromatic heterocycles. The summed E-state index contributed by atoms with van der Waals surface area (Å²) in [5.41, 5.74) is 1.59. The summed E-state index contributed by atoms with van der Waals surface area (Å²) in [6, 6.07) is 12.0. The molecule has 1 aromatic carbocycles. The predicted molar refractivity (Wildman–Crippen MR) is 122 cm³/mol. The molecule has 0 aliphatic carbocycles. The van der Waals surface area contributed by atoms with Crippen molar-refractivity contribution in [3.8, 4) is 0 Å². The zero-order chi connectivity index (χ0) is 22.5. The molecule has 0 atom stereocenters. The summed E-state index contributed by atoms with van der Waals surface area (Å²) in [5, 5.41) is 0.483. The molecule has 0 spiro atoms. The molecule has 3 aromatic rings. The minimum Gasteiger partial charge on any atom is -0.353 e. The molecule has 1 amide bonds. The highest BCUT2D eigenvalue weighted by molar-refractivity contribution is 7.98. The van der Waals surface area contributed by atoms with Crippen LogP contribution in [-0.2, 0) is 17.0 Å². The number of rotatable bonds is 6. The van der Waals surface area contributed by atoms with Crippen LogP contribution in [0.15, 0.2) is 58.6 Å². The zero-order valence-electron chi connectivity index (χ0n) is 17.8. The van der Waals surface area contributed by atoms with E-state index in [1.165, 1.54) is 23.9 Å². The number of carbonyl (C=O) groups excluding carboxylic acids is 1. The molecular formula is C23H24FN5O2S. The van der Waals surface area contributed by atoms with Crippen molar-refractivity contribution in [2.75, 3.05) is 31.1 Å². The summed E-state index contributed by atoms with van der Waals surface area (Å²) < 4.78 is 13.0. The lowest BCUT2D eigenvalue weighted by atomic mass is 10.1. The molecular weight excluding hydrogens is 429 g/mol. The van der Waals surface area contributed by atoms with E-state index in [0.29, 0.717) is 48.3 Å². The monoisotopic (exact) mass is 453 g/mol. The first-order valence-corrected chi connectivity index (χ1v) is 11.4. The number of thioether (sulfide) groups is 1. The van der Waals surface area contributed by atoms with Crippen molar-refractivity contribution in [2.45, 2.75) is 24.3 Å². The van der Waals surface area contributed by atoms with E-state index in [4.69, 9.17) is 0 Å². The molecule has 4 rings (SSSR count). The fourth-order valence-corrected chi connectivity index (χ4v) is 4.44. The van der Waals surface area contributed by atoms with Crippen LogP contribution in [-0.4, -0.2) is 51.9 Å². The Labute approximate surface area is 189 Å². The van der Waals surface area contributed by atoms with Gasteiger partial charge >= 0.3 is 0 Å². The van der Waals surface area contributed by atoms with Gasteiger partial charge in [0.25, 0.3) is 5.56 Å². The number of halogens is 1. The van der Waals surface area contributed by atoms with Crippen molar-refractivity contribution < 1.29 is 9.18 Å². The van der Waals surface area contributed by atoms with Crippen molar-refractivity contribution in [3.63, 3.8) is 0 Å². The normalized spacial score (nSPS) is 13.9. The molecule has 32 heavy (non-hydrogen) atoms. The van der Waals surface area contributed by atoms with Crippen molar-refractivity contribution in [1.82, 2.24) is 19.9 Å². The van der Waals surface area contributed by atoms with Gasteiger partial charge in [-0.2, -0.15) is 0 Å². The Hall–Kier alpha value is -3.20. The molecule has 0 bridgehead atoms. The van der Waals surface area contributed by atoms with Crippen LogP contribution in [0.5, 0.6) is 0 Å². The van der Waals surface area contributed by atoms with E-state index in [-0.39, 0.29) is 23.7 Å². The van der Waals surface area contributed by atoms with Crippen LogP contribution < -0.4 is 10.5 Å². The lowest BCUT2D eigenvalue weighted by Gasteiger charge is -2.35. The van der Waals surface area contributed by atoms with Crippen LogP contribution in [0, 0.1) is 12.7 Å². The van der Waals surface area contributed by atoms with Gasteiger partial charge in [0, 0.05) is 49.4 Å². The number of aryl methyl sites for hydroxylation is 1. The van der Waals surface area contributed by atoms with Gasteiger partial charge in [0.05, 0.1) is 6.42 Å². The number of amides is 1. The topological polar surface area (TPSA) is 82.2 Å². The third-order valence-electron chi connectivity index (χ3n) is 5.42. The Bertz CT molecular complexity index is 1130. The van der Waals surface area contributed by atoms with Gasteiger partial charge < -0.3 is 14.8 Å². The Morgan fingerprint density at radius 1 is 1.12 bits per heavy atom. The number of nitrogens with one attached hydrogen (secondary N) is 1. The highest BCUT2D eigenvalue weighted by atomic mass is 32.2. The van der Waals surface area contributed by atoms with E-state index >= 15 is 0 Å². The first-order chi connectivity index (χ1) is 15.5. The number of piperazine rings is 1. The van der Waals surface area contributed by atoms with Crippen molar-refractivity contribution in [1.29, 1.82) is 0 Å². The number of hydrogen-bond acceptors (Lipinski definition) is 6. The summed E-state index contributed by atoms with van der Waals surface area (Å²) >= 11 is 1.37. The lowest BCUT2D eigenvalue weighted by Crippen LogP contribution is -2.49. The molecule has 166 valence electrons. The summed E-state index contributed by atoms with van der Waals surface area (Å²) in [5.74, 6) is 1.10. The number of H-pyrrole nitrogens is 1. The number of anilines is 1. The molecule has 1 aliphatic heterocycles. The predicted octanol–water partition coefficient (Wildman–Crippen LogP) is 2.80. The molecule has 1 fully saturated rings. The Balaban J connectivity index is 1.35. The first kappa shape index (κ1) is 22.0. The number of hydrogen-bond donors (Lipinski definition) is 1. The molecule has 9 heteroatoms. The van der Waals surface area contributed by atoms with E-state index in [1.807, 2.05) is 18.2 Å². The SMILES string of the molecule is Cc1nc(SCc2ccc(F)cc2)[nH]c(=O)c1CC(=O)N1CCN(c2ccccn2)CC1.